The molecule has 0 atom stereocenters. The number of amides is 1. The number of carbonyl (C=O) groups excluding carboxylic acids is 1. The van der Waals surface area contributed by atoms with Crippen molar-refractivity contribution < 1.29 is 9.53 Å². The van der Waals surface area contributed by atoms with E-state index in [2.05, 4.69) is 10.6 Å². The van der Waals surface area contributed by atoms with Gasteiger partial charge >= 0.3 is 0 Å². The number of carbonyl (C=O) groups is 1. The SMILES string of the molecule is CCOCCCNC(=O)CNc1ccccc1Cl. The topological polar surface area (TPSA) is 50.4 Å². The molecule has 0 bridgehead atoms. The summed E-state index contributed by atoms with van der Waals surface area (Å²) in [6.45, 7) is 4.18. The number of rotatable bonds is 8. The Morgan fingerprint density at radius 3 is 2.89 bits per heavy atom. The molecule has 100 valence electrons. The van der Waals surface area contributed by atoms with Crippen LogP contribution in [-0.2, 0) is 9.53 Å². The van der Waals surface area contributed by atoms with E-state index in [1.54, 1.807) is 6.07 Å². The first-order chi connectivity index (χ1) is 8.74. The highest BCUT2D eigenvalue weighted by Crippen LogP contribution is 2.19. The summed E-state index contributed by atoms with van der Waals surface area (Å²) in [5, 5.41) is 6.41. The van der Waals surface area contributed by atoms with Crippen molar-refractivity contribution in [1.29, 1.82) is 0 Å². The standard InChI is InChI=1S/C13H19ClN2O2/c1-2-18-9-5-8-15-13(17)10-16-12-7-4-3-6-11(12)14/h3-4,6-7,16H,2,5,8-10H2,1H3,(H,15,17). The van der Waals surface area contributed by atoms with E-state index in [0.717, 1.165) is 12.1 Å². The molecule has 0 aliphatic heterocycles. The zero-order valence-electron chi connectivity index (χ0n) is 10.5. The maximum atomic E-state index is 11.5. The molecule has 0 radical (unpaired) electrons. The van der Waals surface area contributed by atoms with E-state index in [4.69, 9.17) is 16.3 Å². The third-order valence-corrected chi connectivity index (χ3v) is 2.63. The number of ether oxygens (including phenoxy) is 1. The highest BCUT2D eigenvalue weighted by atomic mass is 35.5. The summed E-state index contributed by atoms with van der Waals surface area (Å²) in [4.78, 5) is 11.5. The first-order valence-corrected chi connectivity index (χ1v) is 6.44. The summed E-state index contributed by atoms with van der Waals surface area (Å²) in [6.07, 6.45) is 0.825. The Labute approximate surface area is 113 Å². The minimum Gasteiger partial charge on any atom is -0.382 e. The van der Waals surface area contributed by atoms with Crippen LogP contribution in [0.25, 0.3) is 0 Å². The van der Waals surface area contributed by atoms with Gasteiger partial charge in [-0.2, -0.15) is 0 Å². The Morgan fingerprint density at radius 1 is 1.39 bits per heavy atom. The molecule has 0 aliphatic rings. The molecule has 0 spiro atoms. The summed E-state index contributed by atoms with van der Waals surface area (Å²) in [5.74, 6) is -0.0496. The van der Waals surface area contributed by atoms with Gasteiger partial charge in [-0.05, 0) is 25.5 Å². The van der Waals surface area contributed by atoms with Crippen LogP contribution in [0.4, 0.5) is 5.69 Å². The van der Waals surface area contributed by atoms with E-state index in [1.165, 1.54) is 0 Å². The fraction of sp³-hybridized carbons (Fsp3) is 0.462. The van der Waals surface area contributed by atoms with Crippen molar-refractivity contribution in [3.63, 3.8) is 0 Å². The fourth-order valence-corrected chi connectivity index (χ4v) is 1.59. The monoisotopic (exact) mass is 270 g/mol. The molecule has 1 aromatic rings. The van der Waals surface area contributed by atoms with Crippen LogP contribution in [0.3, 0.4) is 0 Å². The molecule has 5 heteroatoms. The fourth-order valence-electron chi connectivity index (χ4n) is 1.39. The van der Waals surface area contributed by atoms with E-state index < -0.39 is 0 Å². The summed E-state index contributed by atoms with van der Waals surface area (Å²) in [5.41, 5.74) is 0.767. The van der Waals surface area contributed by atoms with Crippen LogP contribution in [0.15, 0.2) is 24.3 Å². The van der Waals surface area contributed by atoms with Gasteiger partial charge in [-0.1, -0.05) is 23.7 Å². The van der Waals surface area contributed by atoms with Crippen molar-refractivity contribution in [3.8, 4) is 0 Å². The van der Waals surface area contributed by atoms with Crippen LogP contribution in [0.2, 0.25) is 5.02 Å². The lowest BCUT2D eigenvalue weighted by Crippen LogP contribution is -2.31. The lowest BCUT2D eigenvalue weighted by molar-refractivity contribution is -0.119. The van der Waals surface area contributed by atoms with E-state index in [-0.39, 0.29) is 12.5 Å². The highest BCUT2D eigenvalue weighted by molar-refractivity contribution is 6.33. The minimum atomic E-state index is -0.0496. The van der Waals surface area contributed by atoms with E-state index in [9.17, 15) is 4.79 Å². The number of anilines is 1. The van der Waals surface area contributed by atoms with Crippen LogP contribution < -0.4 is 10.6 Å². The second-order valence-electron chi connectivity index (χ2n) is 3.73. The highest BCUT2D eigenvalue weighted by Gasteiger charge is 2.02. The second-order valence-corrected chi connectivity index (χ2v) is 4.14. The zero-order chi connectivity index (χ0) is 13.2. The first kappa shape index (κ1) is 14.8. The lowest BCUT2D eigenvalue weighted by Gasteiger charge is -2.08. The van der Waals surface area contributed by atoms with Gasteiger partial charge in [0.1, 0.15) is 0 Å². The van der Waals surface area contributed by atoms with E-state index >= 15 is 0 Å². The maximum Gasteiger partial charge on any atom is 0.239 e. The second kappa shape index (κ2) is 8.78. The third-order valence-electron chi connectivity index (χ3n) is 2.30. The number of hydrogen-bond donors (Lipinski definition) is 2. The van der Waals surface area contributed by atoms with Gasteiger partial charge in [-0.15, -0.1) is 0 Å². The Kier molecular flexibility index (Phi) is 7.22. The molecule has 0 aliphatic carbocycles. The first-order valence-electron chi connectivity index (χ1n) is 6.07. The van der Waals surface area contributed by atoms with Gasteiger partial charge in [0.2, 0.25) is 5.91 Å². The summed E-state index contributed by atoms with van der Waals surface area (Å²) in [7, 11) is 0. The molecule has 1 aromatic carbocycles. The number of hydrogen-bond acceptors (Lipinski definition) is 3. The number of halogens is 1. The minimum absolute atomic E-state index is 0.0496. The van der Waals surface area contributed by atoms with Crippen molar-refractivity contribution in [2.45, 2.75) is 13.3 Å². The van der Waals surface area contributed by atoms with E-state index in [0.29, 0.717) is 24.8 Å². The predicted molar refractivity (Wildman–Crippen MR) is 74.1 cm³/mol. The van der Waals surface area contributed by atoms with Gasteiger partial charge in [0.15, 0.2) is 0 Å². The van der Waals surface area contributed by atoms with Crippen molar-refractivity contribution >= 4 is 23.2 Å². The predicted octanol–water partition coefficient (Wildman–Crippen LogP) is 2.29. The average Bonchev–Trinajstić information content (AvgIpc) is 2.37. The lowest BCUT2D eigenvalue weighted by atomic mass is 10.3. The smallest absolute Gasteiger partial charge is 0.239 e. The molecule has 0 aromatic heterocycles. The van der Waals surface area contributed by atoms with Crippen LogP contribution in [0, 0.1) is 0 Å². The van der Waals surface area contributed by atoms with Gasteiger partial charge in [-0.3, -0.25) is 4.79 Å². The Morgan fingerprint density at radius 2 is 2.17 bits per heavy atom. The largest absolute Gasteiger partial charge is 0.382 e. The van der Waals surface area contributed by atoms with Crippen molar-refractivity contribution in [2.24, 2.45) is 0 Å². The zero-order valence-corrected chi connectivity index (χ0v) is 11.3. The molecule has 18 heavy (non-hydrogen) atoms. The number of nitrogens with one attached hydrogen (secondary N) is 2. The Bertz CT molecular complexity index is 372. The maximum absolute atomic E-state index is 11.5. The molecular weight excluding hydrogens is 252 g/mol. The summed E-state index contributed by atoms with van der Waals surface area (Å²) < 4.78 is 5.18. The number of benzene rings is 1. The molecule has 0 heterocycles. The summed E-state index contributed by atoms with van der Waals surface area (Å²) >= 11 is 5.96. The molecule has 1 rings (SSSR count). The van der Waals surface area contributed by atoms with Crippen LogP contribution in [-0.4, -0.2) is 32.2 Å². The van der Waals surface area contributed by atoms with Crippen LogP contribution in [0.5, 0.6) is 0 Å². The molecular formula is C13H19ClN2O2. The molecule has 4 nitrogen and oxygen atoms in total. The van der Waals surface area contributed by atoms with Crippen LogP contribution in [0.1, 0.15) is 13.3 Å². The molecule has 2 N–H and O–H groups in total. The molecule has 0 saturated heterocycles. The summed E-state index contributed by atoms with van der Waals surface area (Å²) in [6, 6.07) is 7.34. The van der Waals surface area contributed by atoms with Gasteiger partial charge in [0.25, 0.3) is 0 Å². The van der Waals surface area contributed by atoms with Crippen molar-refractivity contribution in [2.75, 3.05) is 31.6 Å². The Balaban J connectivity index is 2.15. The van der Waals surface area contributed by atoms with Crippen LogP contribution >= 0.6 is 11.6 Å². The van der Waals surface area contributed by atoms with Gasteiger partial charge in [-0.25, -0.2) is 0 Å². The normalized spacial score (nSPS) is 10.1. The Hall–Kier alpha value is -1.26. The number of para-hydroxylation sites is 1. The van der Waals surface area contributed by atoms with E-state index in [1.807, 2.05) is 25.1 Å². The quantitative estimate of drug-likeness (QED) is 0.713. The van der Waals surface area contributed by atoms with Crippen molar-refractivity contribution in [1.82, 2.24) is 5.32 Å². The third kappa shape index (κ3) is 5.89. The molecule has 0 fully saturated rings. The van der Waals surface area contributed by atoms with Gasteiger partial charge in [0.05, 0.1) is 17.3 Å². The molecule has 1 amide bonds. The molecule has 0 unspecified atom stereocenters. The van der Waals surface area contributed by atoms with Gasteiger partial charge in [0, 0.05) is 19.8 Å². The van der Waals surface area contributed by atoms with Crippen molar-refractivity contribution in [3.05, 3.63) is 29.3 Å². The average molecular weight is 271 g/mol. The van der Waals surface area contributed by atoms with Gasteiger partial charge < -0.3 is 15.4 Å². The molecule has 0 saturated carbocycles.